The largest absolute Gasteiger partial charge is 0.507 e. The molecule has 5 nitrogen and oxygen atoms in total. The Kier molecular flexibility index (Phi) is 4.93. The lowest BCUT2D eigenvalue weighted by Crippen LogP contribution is -2.02. The molecule has 0 bridgehead atoms. The zero-order chi connectivity index (χ0) is 13.7. The van der Waals surface area contributed by atoms with Gasteiger partial charge >= 0.3 is 0 Å². The van der Waals surface area contributed by atoms with Crippen LogP contribution in [0.4, 0.5) is 0 Å². The first-order valence-electron chi connectivity index (χ1n) is 6.13. The minimum Gasteiger partial charge on any atom is -0.507 e. The molecule has 0 aliphatic rings. The average Bonchev–Trinajstić information content (AvgIpc) is 2.86. The fraction of sp³-hybridized carbons (Fsp3) is 0.385. The minimum absolute atomic E-state index is 0.253. The third-order valence-electron chi connectivity index (χ3n) is 2.68. The summed E-state index contributed by atoms with van der Waals surface area (Å²) < 4.78 is 7.78. The van der Waals surface area contributed by atoms with Crippen LogP contribution < -0.4 is 0 Å². The predicted molar refractivity (Wildman–Crippen MR) is 74.9 cm³/mol. The first-order valence-corrected chi connectivity index (χ1v) is 6.92. The van der Waals surface area contributed by atoms with Gasteiger partial charge in [0.15, 0.2) is 0 Å². The third kappa shape index (κ3) is 4.04. The standard InChI is InChI=1S/C13H16BrN3O2/c1-2-19-9-11-8-17(16-15-11)6-5-10-3-4-13(18)12(14)7-10/h3-4,7-8,18H,2,5-6,9H2,1H3. The van der Waals surface area contributed by atoms with E-state index in [-0.39, 0.29) is 5.75 Å². The van der Waals surface area contributed by atoms with Crippen molar-refractivity contribution < 1.29 is 9.84 Å². The minimum atomic E-state index is 0.253. The van der Waals surface area contributed by atoms with Crippen molar-refractivity contribution in [3.63, 3.8) is 0 Å². The molecule has 1 N–H and O–H groups in total. The number of halogens is 1. The molecule has 0 amide bonds. The SMILES string of the molecule is CCOCc1cn(CCc2ccc(O)c(Br)c2)nn1. The predicted octanol–water partition coefficient (Wildman–Crippen LogP) is 2.53. The molecule has 102 valence electrons. The van der Waals surface area contributed by atoms with Crippen molar-refractivity contribution in [2.45, 2.75) is 26.5 Å². The Labute approximate surface area is 120 Å². The fourth-order valence-electron chi connectivity index (χ4n) is 1.67. The van der Waals surface area contributed by atoms with Crippen molar-refractivity contribution in [1.29, 1.82) is 0 Å². The summed E-state index contributed by atoms with van der Waals surface area (Å²) in [5.41, 5.74) is 1.97. The van der Waals surface area contributed by atoms with Crippen molar-refractivity contribution >= 4 is 15.9 Å². The van der Waals surface area contributed by atoms with Crippen molar-refractivity contribution in [3.05, 3.63) is 40.1 Å². The van der Waals surface area contributed by atoms with Crippen LogP contribution in [-0.2, 0) is 24.3 Å². The molecule has 2 rings (SSSR count). The summed E-state index contributed by atoms with van der Waals surface area (Å²) in [5, 5.41) is 17.5. The van der Waals surface area contributed by atoms with Crippen molar-refractivity contribution in [1.82, 2.24) is 15.0 Å². The first kappa shape index (κ1) is 14.0. The zero-order valence-electron chi connectivity index (χ0n) is 10.7. The summed E-state index contributed by atoms with van der Waals surface area (Å²) >= 11 is 3.30. The number of hydrogen-bond acceptors (Lipinski definition) is 4. The molecule has 0 radical (unpaired) electrons. The number of aromatic nitrogens is 3. The lowest BCUT2D eigenvalue weighted by Gasteiger charge is -2.03. The third-order valence-corrected chi connectivity index (χ3v) is 3.32. The highest BCUT2D eigenvalue weighted by Gasteiger charge is 2.03. The number of aryl methyl sites for hydroxylation is 2. The van der Waals surface area contributed by atoms with Gasteiger partial charge < -0.3 is 9.84 Å². The molecular formula is C13H16BrN3O2. The molecule has 0 saturated heterocycles. The molecule has 1 heterocycles. The number of nitrogens with zero attached hydrogens (tertiary/aromatic N) is 3. The van der Waals surface area contributed by atoms with Gasteiger partial charge in [-0.3, -0.25) is 4.68 Å². The number of hydrogen-bond donors (Lipinski definition) is 1. The van der Waals surface area contributed by atoms with Crippen LogP contribution in [0.15, 0.2) is 28.9 Å². The molecule has 0 unspecified atom stereocenters. The monoisotopic (exact) mass is 325 g/mol. The summed E-state index contributed by atoms with van der Waals surface area (Å²) in [6, 6.07) is 5.49. The van der Waals surface area contributed by atoms with Crippen LogP contribution in [0.3, 0.4) is 0 Å². The summed E-state index contributed by atoms with van der Waals surface area (Å²) in [6.07, 6.45) is 2.72. The van der Waals surface area contributed by atoms with Gasteiger partial charge in [-0.05, 0) is 47.0 Å². The van der Waals surface area contributed by atoms with E-state index in [1.807, 2.05) is 25.3 Å². The maximum Gasteiger partial charge on any atom is 0.129 e. The van der Waals surface area contributed by atoms with Crippen LogP contribution in [0.2, 0.25) is 0 Å². The van der Waals surface area contributed by atoms with Crippen molar-refractivity contribution in [2.75, 3.05) is 6.61 Å². The molecule has 0 fully saturated rings. The van der Waals surface area contributed by atoms with Gasteiger partial charge in [0.2, 0.25) is 0 Å². The zero-order valence-corrected chi connectivity index (χ0v) is 12.3. The van der Waals surface area contributed by atoms with Gasteiger partial charge in [0, 0.05) is 13.2 Å². The van der Waals surface area contributed by atoms with Gasteiger partial charge in [-0.2, -0.15) is 0 Å². The summed E-state index contributed by atoms with van der Waals surface area (Å²) in [6.45, 7) is 3.87. The number of aromatic hydroxyl groups is 1. The molecule has 6 heteroatoms. The van der Waals surface area contributed by atoms with E-state index in [9.17, 15) is 5.11 Å². The highest BCUT2D eigenvalue weighted by molar-refractivity contribution is 9.10. The lowest BCUT2D eigenvalue weighted by molar-refractivity contribution is 0.131. The van der Waals surface area contributed by atoms with Gasteiger partial charge in [0.1, 0.15) is 11.4 Å². The molecule has 0 spiro atoms. The van der Waals surface area contributed by atoms with Crippen LogP contribution in [0.1, 0.15) is 18.2 Å². The lowest BCUT2D eigenvalue weighted by atomic mass is 10.1. The number of rotatable bonds is 6. The molecule has 0 aliphatic carbocycles. The Bertz CT molecular complexity index is 542. The topological polar surface area (TPSA) is 60.2 Å². The highest BCUT2D eigenvalue weighted by Crippen LogP contribution is 2.24. The van der Waals surface area contributed by atoms with Gasteiger partial charge in [0.05, 0.1) is 17.3 Å². The fourth-order valence-corrected chi connectivity index (χ4v) is 2.10. The number of ether oxygens (including phenoxy) is 1. The van der Waals surface area contributed by atoms with Gasteiger partial charge in [-0.25, -0.2) is 0 Å². The summed E-state index contributed by atoms with van der Waals surface area (Å²) in [5.74, 6) is 0.253. The number of phenolic OH excluding ortho intramolecular Hbond substituents is 1. The quantitative estimate of drug-likeness (QED) is 0.886. The van der Waals surface area contributed by atoms with Crippen LogP contribution in [0.5, 0.6) is 5.75 Å². The van der Waals surface area contributed by atoms with E-state index in [0.717, 1.165) is 24.2 Å². The second kappa shape index (κ2) is 6.68. The molecule has 2 aromatic rings. The molecule has 1 aromatic heterocycles. The van der Waals surface area contributed by atoms with E-state index < -0.39 is 0 Å². The molecule has 1 aromatic carbocycles. The van der Waals surface area contributed by atoms with Crippen LogP contribution in [0, 0.1) is 0 Å². The molecular weight excluding hydrogens is 310 g/mol. The Hall–Kier alpha value is -1.40. The summed E-state index contributed by atoms with van der Waals surface area (Å²) in [7, 11) is 0. The highest BCUT2D eigenvalue weighted by atomic mass is 79.9. The second-order valence-electron chi connectivity index (χ2n) is 4.15. The van der Waals surface area contributed by atoms with E-state index in [4.69, 9.17) is 4.74 Å². The van der Waals surface area contributed by atoms with Crippen LogP contribution in [0.25, 0.3) is 0 Å². The molecule has 19 heavy (non-hydrogen) atoms. The van der Waals surface area contributed by atoms with Gasteiger partial charge in [-0.15, -0.1) is 5.10 Å². The number of phenols is 1. The van der Waals surface area contributed by atoms with Crippen molar-refractivity contribution in [2.24, 2.45) is 0 Å². The van der Waals surface area contributed by atoms with Crippen molar-refractivity contribution in [3.8, 4) is 5.75 Å². The summed E-state index contributed by atoms with van der Waals surface area (Å²) in [4.78, 5) is 0. The Morgan fingerprint density at radius 2 is 2.26 bits per heavy atom. The van der Waals surface area contributed by atoms with E-state index in [2.05, 4.69) is 26.2 Å². The van der Waals surface area contributed by atoms with Crippen LogP contribution >= 0.6 is 15.9 Å². The maximum absolute atomic E-state index is 9.43. The molecule has 0 aliphatic heterocycles. The van der Waals surface area contributed by atoms with E-state index >= 15 is 0 Å². The van der Waals surface area contributed by atoms with Crippen LogP contribution in [-0.4, -0.2) is 26.7 Å². The van der Waals surface area contributed by atoms with Gasteiger partial charge in [-0.1, -0.05) is 11.3 Å². The average molecular weight is 326 g/mol. The molecule has 0 atom stereocenters. The van der Waals surface area contributed by atoms with E-state index in [0.29, 0.717) is 17.7 Å². The Morgan fingerprint density at radius 1 is 1.42 bits per heavy atom. The van der Waals surface area contributed by atoms with E-state index in [1.165, 1.54) is 0 Å². The molecule has 0 saturated carbocycles. The normalized spacial score (nSPS) is 10.8. The van der Waals surface area contributed by atoms with E-state index in [1.54, 1.807) is 10.7 Å². The Balaban J connectivity index is 1.91. The second-order valence-corrected chi connectivity index (χ2v) is 5.00. The number of benzene rings is 1. The first-order chi connectivity index (χ1) is 9.19. The smallest absolute Gasteiger partial charge is 0.129 e. The van der Waals surface area contributed by atoms with Gasteiger partial charge in [0.25, 0.3) is 0 Å². The Morgan fingerprint density at radius 3 is 3.00 bits per heavy atom. The maximum atomic E-state index is 9.43.